The third-order valence-corrected chi connectivity index (χ3v) is 3.29. The molecule has 0 saturated carbocycles. The van der Waals surface area contributed by atoms with Crippen molar-refractivity contribution in [2.75, 3.05) is 7.11 Å². The van der Waals surface area contributed by atoms with Crippen molar-refractivity contribution >= 4 is 15.9 Å². The Balaban J connectivity index is 2.13. The quantitative estimate of drug-likeness (QED) is 0.939. The minimum atomic E-state index is -0.404. The summed E-state index contributed by atoms with van der Waals surface area (Å²) in [6.07, 6.45) is 2.27. The van der Waals surface area contributed by atoms with E-state index < -0.39 is 5.82 Å². The molecule has 0 saturated heterocycles. The molecule has 100 valence electrons. The maximum absolute atomic E-state index is 13.6. The van der Waals surface area contributed by atoms with Gasteiger partial charge in [-0.1, -0.05) is 6.07 Å². The number of benzene rings is 1. The highest BCUT2D eigenvalue weighted by Gasteiger charge is 2.11. The number of ether oxygens (including phenoxy) is 1. The summed E-state index contributed by atoms with van der Waals surface area (Å²) in [4.78, 5) is 4.25. The largest absolute Gasteiger partial charge is 0.494 e. The molecule has 0 aliphatic rings. The van der Waals surface area contributed by atoms with Gasteiger partial charge in [0.25, 0.3) is 0 Å². The van der Waals surface area contributed by atoms with Crippen LogP contribution in [-0.2, 0) is 6.42 Å². The summed E-state index contributed by atoms with van der Waals surface area (Å²) in [6.45, 7) is 0. The van der Waals surface area contributed by atoms with Crippen molar-refractivity contribution in [3.05, 3.63) is 58.1 Å². The molecule has 1 unspecified atom stereocenters. The number of methoxy groups -OCH3 is 1. The van der Waals surface area contributed by atoms with E-state index in [0.29, 0.717) is 6.42 Å². The highest BCUT2D eigenvalue weighted by molar-refractivity contribution is 9.10. The molecule has 0 radical (unpaired) electrons. The summed E-state index contributed by atoms with van der Waals surface area (Å²) < 4.78 is 19.4. The number of hydrogen-bond donors (Lipinski definition) is 1. The lowest BCUT2D eigenvalue weighted by molar-refractivity contribution is 0.386. The van der Waals surface area contributed by atoms with Crippen molar-refractivity contribution < 1.29 is 9.13 Å². The van der Waals surface area contributed by atoms with Gasteiger partial charge in [0.1, 0.15) is 0 Å². The Kier molecular flexibility index (Phi) is 4.50. The van der Waals surface area contributed by atoms with Gasteiger partial charge in [0.15, 0.2) is 11.6 Å². The van der Waals surface area contributed by atoms with Crippen molar-refractivity contribution in [2.24, 2.45) is 5.73 Å². The Labute approximate surface area is 119 Å². The first-order valence-corrected chi connectivity index (χ1v) is 6.59. The monoisotopic (exact) mass is 324 g/mol. The Morgan fingerprint density at radius 2 is 2.16 bits per heavy atom. The average Bonchev–Trinajstić information content (AvgIpc) is 2.41. The van der Waals surface area contributed by atoms with E-state index in [2.05, 4.69) is 20.9 Å². The van der Waals surface area contributed by atoms with Crippen LogP contribution >= 0.6 is 15.9 Å². The van der Waals surface area contributed by atoms with E-state index in [1.54, 1.807) is 18.3 Å². The van der Waals surface area contributed by atoms with Gasteiger partial charge in [-0.05, 0) is 45.8 Å². The Morgan fingerprint density at radius 1 is 1.37 bits per heavy atom. The number of rotatable bonds is 4. The molecule has 0 bridgehead atoms. The predicted molar refractivity (Wildman–Crippen MR) is 75.5 cm³/mol. The standard InChI is InChI=1S/C14H14BrFN2O/c1-19-14-5-2-9(6-12(14)16)13(17)7-11-4-3-10(15)8-18-11/h2-6,8,13H,7,17H2,1H3. The summed E-state index contributed by atoms with van der Waals surface area (Å²) in [6, 6.07) is 8.26. The van der Waals surface area contributed by atoms with Crippen LogP contribution in [0.25, 0.3) is 0 Å². The molecule has 0 amide bonds. The number of pyridine rings is 1. The van der Waals surface area contributed by atoms with Crippen LogP contribution in [0.3, 0.4) is 0 Å². The summed E-state index contributed by atoms with van der Waals surface area (Å²) in [5, 5.41) is 0. The SMILES string of the molecule is COc1ccc(C(N)Cc2ccc(Br)cn2)cc1F. The Morgan fingerprint density at radius 3 is 2.74 bits per heavy atom. The second-order valence-corrected chi connectivity index (χ2v) is 5.09. The van der Waals surface area contributed by atoms with Crippen LogP contribution in [0.5, 0.6) is 5.75 Å². The average molecular weight is 325 g/mol. The van der Waals surface area contributed by atoms with Crippen LogP contribution in [0.15, 0.2) is 41.0 Å². The van der Waals surface area contributed by atoms with Gasteiger partial charge in [-0.2, -0.15) is 0 Å². The molecule has 0 fully saturated rings. The molecule has 0 aliphatic carbocycles. The lowest BCUT2D eigenvalue weighted by Gasteiger charge is -2.13. The maximum Gasteiger partial charge on any atom is 0.165 e. The molecular formula is C14H14BrFN2O. The van der Waals surface area contributed by atoms with Crippen molar-refractivity contribution in [2.45, 2.75) is 12.5 Å². The second-order valence-electron chi connectivity index (χ2n) is 4.17. The highest BCUT2D eigenvalue weighted by Crippen LogP contribution is 2.22. The van der Waals surface area contributed by atoms with Gasteiger partial charge < -0.3 is 10.5 Å². The van der Waals surface area contributed by atoms with E-state index in [1.165, 1.54) is 13.2 Å². The number of aromatic nitrogens is 1. The first-order chi connectivity index (χ1) is 9.10. The molecule has 5 heteroatoms. The van der Waals surface area contributed by atoms with Gasteiger partial charge in [-0.3, -0.25) is 4.98 Å². The van der Waals surface area contributed by atoms with Gasteiger partial charge in [-0.15, -0.1) is 0 Å². The van der Waals surface area contributed by atoms with Crippen molar-refractivity contribution in [3.8, 4) is 5.75 Å². The fourth-order valence-electron chi connectivity index (χ4n) is 1.78. The predicted octanol–water partition coefficient (Wildman–Crippen LogP) is 3.23. The number of halogens is 2. The second kappa shape index (κ2) is 6.12. The van der Waals surface area contributed by atoms with Crippen LogP contribution in [0.4, 0.5) is 4.39 Å². The normalized spacial score (nSPS) is 12.2. The molecule has 19 heavy (non-hydrogen) atoms. The number of hydrogen-bond acceptors (Lipinski definition) is 3. The lowest BCUT2D eigenvalue weighted by Crippen LogP contribution is -2.14. The fourth-order valence-corrected chi connectivity index (χ4v) is 2.02. The minimum Gasteiger partial charge on any atom is -0.494 e. The molecule has 0 aliphatic heterocycles. The molecular weight excluding hydrogens is 311 g/mol. The Bertz CT molecular complexity index is 560. The first-order valence-electron chi connectivity index (χ1n) is 5.79. The molecule has 1 atom stereocenters. The summed E-state index contributed by atoms with van der Waals surface area (Å²) in [7, 11) is 1.43. The first kappa shape index (κ1) is 14.0. The fraction of sp³-hybridized carbons (Fsp3) is 0.214. The molecule has 2 N–H and O–H groups in total. The maximum atomic E-state index is 13.6. The summed E-state index contributed by atoms with van der Waals surface area (Å²) in [5.41, 5.74) is 7.66. The van der Waals surface area contributed by atoms with Crippen LogP contribution in [-0.4, -0.2) is 12.1 Å². The minimum absolute atomic E-state index is 0.220. The smallest absolute Gasteiger partial charge is 0.165 e. The Hall–Kier alpha value is -1.46. The zero-order valence-corrected chi connectivity index (χ0v) is 12.0. The molecule has 2 aromatic rings. The zero-order valence-electron chi connectivity index (χ0n) is 10.4. The molecule has 1 heterocycles. The third-order valence-electron chi connectivity index (χ3n) is 2.82. The molecule has 0 spiro atoms. The number of nitrogens with zero attached hydrogens (tertiary/aromatic N) is 1. The summed E-state index contributed by atoms with van der Waals surface area (Å²) in [5.74, 6) is -0.183. The van der Waals surface area contributed by atoms with Gasteiger partial charge in [0.05, 0.1) is 7.11 Å². The number of nitrogens with two attached hydrogens (primary N) is 1. The topological polar surface area (TPSA) is 48.1 Å². The van der Waals surface area contributed by atoms with Crippen molar-refractivity contribution in [1.29, 1.82) is 0 Å². The van der Waals surface area contributed by atoms with Crippen LogP contribution in [0, 0.1) is 5.82 Å². The molecule has 2 rings (SSSR count). The van der Waals surface area contributed by atoms with E-state index >= 15 is 0 Å². The van der Waals surface area contributed by atoms with E-state index in [-0.39, 0.29) is 11.8 Å². The van der Waals surface area contributed by atoms with Gasteiger partial charge in [0.2, 0.25) is 0 Å². The van der Waals surface area contributed by atoms with Gasteiger partial charge in [0, 0.05) is 28.8 Å². The van der Waals surface area contributed by atoms with Gasteiger partial charge >= 0.3 is 0 Å². The van der Waals surface area contributed by atoms with Gasteiger partial charge in [-0.25, -0.2) is 4.39 Å². The highest BCUT2D eigenvalue weighted by atomic mass is 79.9. The van der Waals surface area contributed by atoms with E-state index in [0.717, 1.165) is 15.7 Å². The summed E-state index contributed by atoms with van der Waals surface area (Å²) >= 11 is 3.32. The van der Waals surface area contributed by atoms with E-state index in [9.17, 15) is 4.39 Å². The van der Waals surface area contributed by atoms with E-state index in [1.807, 2.05) is 12.1 Å². The molecule has 3 nitrogen and oxygen atoms in total. The zero-order chi connectivity index (χ0) is 13.8. The van der Waals surface area contributed by atoms with Crippen LogP contribution in [0.1, 0.15) is 17.3 Å². The lowest BCUT2D eigenvalue weighted by atomic mass is 10.0. The van der Waals surface area contributed by atoms with Crippen LogP contribution in [0.2, 0.25) is 0 Å². The molecule has 1 aromatic heterocycles. The van der Waals surface area contributed by atoms with Crippen molar-refractivity contribution in [3.63, 3.8) is 0 Å². The third kappa shape index (κ3) is 3.52. The molecule has 1 aromatic carbocycles. The van der Waals surface area contributed by atoms with Crippen LogP contribution < -0.4 is 10.5 Å². The van der Waals surface area contributed by atoms with E-state index in [4.69, 9.17) is 10.5 Å². The van der Waals surface area contributed by atoms with Crippen molar-refractivity contribution in [1.82, 2.24) is 4.98 Å².